The van der Waals surface area contributed by atoms with Crippen LogP contribution in [0, 0.1) is 18.2 Å². The minimum absolute atomic E-state index is 0.195. The smallest absolute Gasteiger partial charge is 0.148 e. The van der Waals surface area contributed by atoms with Crippen molar-refractivity contribution in [1.29, 1.82) is 0 Å². The van der Waals surface area contributed by atoms with Gasteiger partial charge in [-0.2, -0.15) is 0 Å². The van der Waals surface area contributed by atoms with Gasteiger partial charge in [-0.3, -0.25) is 0 Å². The Hall–Kier alpha value is -1.70. The Morgan fingerprint density at radius 2 is 2.10 bits per heavy atom. The zero-order valence-corrected chi connectivity index (χ0v) is 13.3. The Labute approximate surface area is 136 Å². The normalized spacial score (nSPS) is 10.0. The van der Waals surface area contributed by atoms with Crippen molar-refractivity contribution in [3.8, 4) is 18.1 Å². The molecular weight excluding hydrogens is 357 g/mol. The van der Waals surface area contributed by atoms with E-state index in [1.807, 2.05) is 18.2 Å². The number of ether oxygens (including phenoxy) is 1. The predicted octanol–water partition coefficient (Wildman–Crippen LogP) is 4.87. The highest BCUT2D eigenvalue weighted by Gasteiger charge is 2.06. The average Bonchev–Trinajstić information content (AvgIpc) is 2.43. The quantitative estimate of drug-likeness (QED) is 0.761. The summed E-state index contributed by atoms with van der Waals surface area (Å²) in [6, 6.07) is 9.91. The summed E-state index contributed by atoms with van der Waals surface area (Å²) in [5.41, 5.74) is 1.50. The first-order valence-corrected chi connectivity index (χ1v) is 7.30. The maximum Gasteiger partial charge on any atom is 0.148 e. The molecule has 0 saturated carbocycles. The molecule has 0 fully saturated rings. The summed E-state index contributed by atoms with van der Waals surface area (Å²) in [6.07, 6.45) is 5.20. The van der Waals surface area contributed by atoms with Crippen molar-refractivity contribution in [2.45, 2.75) is 6.54 Å². The Morgan fingerprint density at radius 3 is 2.81 bits per heavy atom. The maximum atomic E-state index is 13.3. The van der Waals surface area contributed by atoms with Gasteiger partial charge in [0.1, 0.15) is 18.2 Å². The van der Waals surface area contributed by atoms with E-state index in [0.29, 0.717) is 23.0 Å². The molecule has 0 aliphatic rings. The van der Waals surface area contributed by atoms with Crippen LogP contribution in [0.25, 0.3) is 0 Å². The molecule has 0 heterocycles. The van der Waals surface area contributed by atoms with Crippen LogP contribution in [0.3, 0.4) is 0 Å². The molecule has 21 heavy (non-hydrogen) atoms. The molecule has 0 amide bonds. The van der Waals surface area contributed by atoms with E-state index in [9.17, 15) is 4.39 Å². The van der Waals surface area contributed by atoms with Crippen LogP contribution in [0.15, 0.2) is 40.9 Å². The standard InChI is InChI=1S/C16H12BrClFNO/c1-2-5-21-16-4-3-12(17)6-11(16)10-20-15-8-13(18)7-14(19)9-15/h1,3-4,6-9,20H,5,10H2. The van der Waals surface area contributed by atoms with Crippen molar-refractivity contribution >= 4 is 33.2 Å². The Morgan fingerprint density at radius 1 is 1.29 bits per heavy atom. The molecule has 108 valence electrons. The van der Waals surface area contributed by atoms with Crippen LogP contribution in [0.5, 0.6) is 5.75 Å². The third-order valence-corrected chi connectivity index (χ3v) is 3.39. The highest BCUT2D eigenvalue weighted by molar-refractivity contribution is 9.10. The molecule has 1 N–H and O–H groups in total. The number of halogens is 3. The molecule has 0 unspecified atom stereocenters. The van der Waals surface area contributed by atoms with Gasteiger partial charge in [-0.1, -0.05) is 33.5 Å². The molecule has 0 saturated heterocycles. The van der Waals surface area contributed by atoms with Crippen LogP contribution >= 0.6 is 27.5 Å². The molecule has 0 radical (unpaired) electrons. The van der Waals surface area contributed by atoms with Crippen LogP contribution in [-0.2, 0) is 6.54 Å². The first-order valence-electron chi connectivity index (χ1n) is 6.13. The fourth-order valence-corrected chi connectivity index (χ4v) is 2.43. The highest BCUT2D eigenvalue weighted by atomic mass is 79.9. The number of anilines is 1. The molecule has 0 atom stereocenters. The van der Waals surface area contributed by atoms with E-state index in [4.69, 9.17) is 22.8 Å². The average molecular weight is 369 g/mol. The van der Waals surface area contributed by atoms with Crippen molar-refractivity contribution in [2.75, 3.05) is 11.9 Å². The van der Waals surface area contributed by atoms with E-state index in [-0.39, 0.29) is 12.4 Å². The second-order valence-corrected chi connectivity index (χ2v) is 5.61. The molecule has 0 aliphatic carbocycles. The molecule has 5 heteroatoms. The van der Waals surface area contributed by atoms with Gasteiger partial charge in [0.15, 0.2) is 0 Å². The first-order chi connectivity index (χ1) is 10.1. The van der Waals surface area contributed by atoms with Crippen LogP contribution in [0.2, 0.25) is 5.02 Å². The summed E-state index contributed by atoms with van der Waals surface area (Å²) < 4.78 is 19.7. The summed E-state index contributed by atoms with van der Waals surface area (Å²) in [5.74, 6) is 2.73. The van der Waals surface area contributed by atoms with Crippen LogP contribution < -0.4 is 10.1 Å². The molecule has 0 spiro atoms. The van der Waals surface area contributed by atoms with Crippen molar-refractivity contribution in [3.63, 3.8) is 0 Å². The Bertz CT molecular complexity index is 664. The van der Waals surface area contributed by atoms with Crippen molar-refractivity contribution in [3.05, 3.63) is 57.3 Å². The molecule has 2 aromatic rings. The molecule has 2 aromatic carbocycles. The van der Waals surface area contributed by atoms with Gasteiger partial charge in [-0.05, 0) is 36.4 Å². The van der Waals surface area contributed by atoms with Crippen molar-refractivity contribution in [2.24, 2.45) is 0 Å². The van der Waals surface area contributed by atoms with Gasteiger partial charge in [0.2, 0.25) is 0 Å². The second-order valence-electron chi connectivity index (χ2n) is 4.26. The van der Waals surface area contributed by atoms with Gasteiger partial charge in [0.05, 0.1) is 0 Å². The molecule has 0 aromatic heterocycles. The minimum atomic E-state index is -0.386. The van der Waals surface area contributed by atoms with Gasteiger partial charge >= 0.3 is 0 Å². The lowest BCUT2D eigenvalue weighted by Crippen LogP contribution is -2.04. The lowest BCUT2D eigenvalue weighted by molar-refractivity contribution is 0.366. The summed E-state index contributed by atoms with van der Waals surface area (Å²) in [5, 5.41) is 3.45. The zero-order chi connectivity index (χ0) is 15.2. The van der Waals surface area contributed by atoms with Crippen molar-refractivity contribution < 1.29 is 9.13 Å². The SMILES string of the molecule is C#CCOc1ccc(Br)cc1CNc1cc(F)cc(Cl)c1. The van der Waals surface area contributed by atoms with E-state index in [2.05, 4.69) is 27.2 Å². The fraction of sp³-hybridized carbons (Fsp3) is 0.125. The zero-order valence-electron chi connectivity index (χ0n) is 11.0. The summed E-state index contributed by atoms with van der Waals surface area (Å²) in [4.78, 5) is 0. The van der Waals surface area contributed by atoms with Gasteiger partial charge in [-0.25, -0.2) is 4.39 Å². The Kier molecular flexibility index (Phi) is 5.49. The van der Waals surface area contributed by atoms with E-state index >= 15 is 0 Å². The third-order valence-electron chi connectivity index (χ3n) is 2.68. The second kappa shape index (κ2) is 7.35. The molecule has 0 aliphatic heterocycles. The van der Waals surface area contributed by atoms with Crippen LogP contribution in [-0.4, -0.2) is 6.61 Å². The van der Waals surface area contributed by atoms with E-state index < -0.39 is 0 Å². The number of rotatable bonds is 5. The van der Waals surface area contributed by atoms with Crippen molar-refractivity contribution in [1.82, 2.24) is 0 Å². The van der Waals surface area contributed by atoms with Gasteiger partial charge in [0, 0.05) is 27.3 Å². The number of hydrogen-bond donors (Lipinski definition) is 1. The molecule has 2 nitrogen and oxygen atoms in total. The predicted molar refractivity (Wildman–Crippen MR) is 87.2 cm³/mol. The number of benzene rings is 2. The maximum absolute atomic E-state index is 13.3. The lowest BCUT2D eigenvalue weighted by atomic mass is 10.2. The summed E-state index contributed by atoms with van der Waals surface area (Å²) >= 11 is 9.23. The number of terminal acetylenes is 1. The third kappa shape index (κ3) is 4.66. The molecule has 0 bridgehead atoms. The monoisotopic (exact) mass is 367 g/mol. The summed E-state index contributed by atoms with van der Waals surface area (Å²) in [6.45, 7) is 0.652. The van der Waals surface area contributed by atoms with E-state index in [1.165, 1.54) is 12.1 Å². The fourth-order valence-electron chi connectivity index (χ4n) is 1.80. The highest BCUT2D eigenvalue weighted by Crippen LogP contribution is 2.25. The lowest BCUT2D eigenvalue weighted by Gasteiger charge is -2.12. The van der Waals surface area contributed by atoms with Crippen LogP contribution in [0.1, 0.15) is 5.56 Å². The molecular formula is C16H12BrClFNO. The Balaban J connectivity index is 2.15. The number of hydrogen-bond acceptors (Lipinski definition) is 2. The largest absolute Gasteiger partial charge is 0.481 e. The first kappa shape index (κ1) is 15.7. The van der Waals surface area contributed by atoms with E-state index in [1.54, 1.807) is 6.07 Å². The van der Waals surface area contributed by atoms with Gasteiger partial charge in [0.25, 0.3) is 0 Å². The van der Waals surface area contributed by atoms with E-state index in [0.717, 1.165) is 10.0 Å². The number of nitrogens with one attached hydrogen (secondary N) is 1. The summed E-state index contributed by atoms with van der Waals surface area (Å²) in [7, 11) is 0. The molecule has 2 rings (SSSR count). The van der Waals surface area contributed by atoms with Crippen LogP contribution in [0.4, 0.5) is 10.1 Å². The van der Waals surface area contributed by atoms with Gasteiger partial charge in [-0.15, -0.1) is 6.42 Å². The van der Waals surface area contributed by atoms with Gasteiger partial charge < -0.3 is 10.1 Å². The minimum Gasteiger partial charge on any atom is -0.481 e. The topological polar surface area (TPSA) is 21.3 Å².